The van der Waals surface area contributed by atoms with Gasteiger partial charge in [0, 0.05) is 17.6 Å². The summed E-state index contributed by atoms with van der Waals surface area (Å²) in [6.07, 6.45) is -4.31. The molecule has 0 aliphatic carbocycles. The zero-order valence-electron chi connectivity index (χ0n) is 11.4. The molecule has 0 aliphatic heterocycles. The average Bonchev–Trinajstić information content (AvgIpc) is 2.45. The molecule has 0 radical (unpaired) electrons. The van der Waals surface area contributed by atoms with Gasteiger partial charge in [0.1, 0.15) is 0 Å². The summed E-state index contributed by atoms with van der Waals surface area (Å²) in [5.41, 5.74) is 1.01. The molecule has 0 aliphatic rings. The Morgan fingerprint density at radius 3 is 2.38 bits per heavy atom. The van der Waals surface area contributed by atoms with Crippen molar-refractivity contribution >= 4 is 11.6 Å². The van der Waals surface area contributed by atoms with Gasteiger partial charge in [-0.25, -0.2) is 0 Å². The summed E-state index contributed by atoms with van der Waals surface area (Å²) in [5.74, 6) is 0. The number of hydrogen-bond acceptors (Lipinski definition) is 1. The first-order chi connectivity index (χ1) is 9.86. The fourth-order valence-corrected chi connectivity index (χ4v) is 2.12. The highest BCUT2D eigenvalue weighted by molar-refractivity contribution is 6.30. The molecule has 0 amide bonds. The van der Waals surface area contributed by atoms with Crippen molar-refractivity contribution < 1.29 is 13.2 Å². The maximum Gasteiger partial charge on any atom is 0.416 e. The third-order valence-corrected chi connectivity index (χ3v) is 3.49. The second-order valence-electron chi connectivity index (χ2n) is 4.85. The van der Waals surface area contributed by atoms with E-state index in [9.17, 15) is 13.2 Å². The maximum atomic E-state index is 12.6. The van der Waals surface area contributed by atoms with Crippen molar-refractivity contribution in [2.24, 2.45) is 0 Å². The van der Waals surface area contributed by atoms with Gasteiger partial charge < -0.3 is 5.32 Å². The molecule has 0 bridgehead atoms. The van der Waals surface area contributed by atoms with Crippen LogP contribution in [0.15, 0.2) is 48.5 Å². The van der Waals surface area contributed by atoms with Gasteiger partial charge in [-0.2, -0.15) is 13.2 Å². The number of halogens is 4. The maximum absolute atomic E-state index is 12.6. The van der Waals surface area contributed by atoms with E-state index < -0.39 is 11.7 Å². The number of alkyl halides is 3. The molecule has 0 saturated carbocycles. The van der Waals surface area contributed by atoms with Crippen LogP contribution in [0.2, 0.25) is 5.02 Å². The van der Waals surface area contributed by atoms with Gasteiger partial charge in [-0.15, -0.1) is 0 Å². The van der Waals surface area contributed by atoms with Crippen molar-refractivity contribution in [2.45, 2.75) is 25.7 Å². The van der Waals surface area contributed by atoms with Crippen molar-refractivity contribution in [1.29, 1.82) is 0 Å². The van der Waals surface area contributed by atoms with Gasteiger partial charge in [-0.05, 0) is 36.2 Å². The summed E-state index contributed by atoms with van der Waals surface area (Å²) < 4.78 is 37.9. The van der Waals surface area contributed by atoms with E-state index in [0.29, 0.717) is 17.1 Å². The number of hydrogen-bond donors (Lipinski definition) is 1. The van der Waals surface area contributed by atoms with E-state index in [-0.39, 0.29) is 6.04 Å². The number of benzene rings is 2. The van der Waals surface area contributed by atoms with Gasteiger partial charge in [0.2, 0.25) is 0 Å². The molecule has 2 aromatic rings. The summed E-state index contributed by atoms with van der Waals surface area (Å²) >= 11 is 5.82. The topological polar surface area (TPSA) is 12.0 Å². The summed E-state index contributed by atoms with van der Waals surface area (Å²) in [5, 5.41) is 3.86. The molecule has 112 valence electrons. The molecule has 0 unspecified atom stereocenters. The number of nitrogens with one attached hydrogen (secondary N) is 1. The molecule has 0 fully saturated rings. The second-order valence-corrected chi connectivity index (χ2v) is 5.29. The van der Waals surface area contributed by atoms with E-state index in [1.807, 2.05) is 19.1 Å². The Kier molecular flexibility index (Phi) is 4.91. The molecular formula is C16H15ClF3N. The van der Waals surface area contributed by atoms with Crippen LogP contribution in [0.5, 0.6) is 0 Å². The summed E-state index contributed by atoms with van der Waals surface area (Å²) in [4.78, 5) is 0. The fraction of sp³-hybridized carbons (Fsp3) is 0.250. The van der Waals surface area contributed by atoms with Gasteiger partial charge in [0.25, 0.3) is 0 Å². The third-order valence-electron chi connectivity index (χ3n) is 3.24. The molecule has 1 N–H and O–H groups in total. The smallest absolute Gasteiger partial charge is 0.306 e. The van der Waals surface area contributed by atoms with Gasteiger partial charge in [0.15, 0.2) is 0 Å². The number of rotatable bonds is 4. The van der Waals surface area contributed by atoms with Crippen LogP contribution in [-0.2, 0) is 12.7 Å². The van der Waals surface area contributed by atoms with Gasteiger partial charge in [-0.1, -0.05) is 41.9 Å². The first-order valence-electron chi connectivity index (χ1n) is 6.51. The van der Waals surface area contributed by atoms with Crippen LogP contribution < -0.4 is 5.32 Å². The Balaban J connectivity index is 2.01. The Bertz CT molecular complexity index is 593. The van der Waals surface area contributed by atoms with Crippen LogP contribution in [0, 0.1) is 0 Å². The largest absolute Gasteiger partial charge is 0.416 e. The molecule has 0 spiro atoms. The average molecular weight is 314 g/mol. The monoisotopic (exact) mass is 313 g/mol. The molecule has 0 saturated heterocycles. The zero-order valence-corrected chi connectivity index (χ0v) is 12.2. The third kappa shape index (κ3) is 4.48. The van der Waals surface area contributed by atoms with Crippen molar-refractivity contribution in [3.05, 3.63) is 70.2 Å². The molecule has 5 heteroatoms. The quantitative estimate of drug-likeness (QED) is 0.817. The molecule has 1 atom stereocenters. The predicted molar refractivity (Wildman–Crippen MR) is 78.2 cm³/mol. The first kappa shape index (κ1) is 15.9. The van der Waals surface area contributed by atoms with E-state index >= 15 is 0 Å². The van der Waals surface area contributed by atoms with Gasteiger partial charge in [0.05, 0.1) is 5.56 Å². The van der Waals surface area contributed by atoms with Crippen molar-refractivity contribution in [1.82, 2.24) is 5.32 Å². The zero-order chi connectivity index (χ0) is 15.5. The highest BCUT2D eigenvalue weighted by Crippen LogP contribution is 2.29. The lowest BCUT2D eigenvalue weighted by Gasteiger charge is -2.15. The second kappa shape index (κ2) is 6.50. The van der Waals surface area contributed by atoms with E-state index in [2.05, 4.69) is 5.32 Å². The SMILES string of the molecule is C[C@@H](NCc1cccc(C(F)(F)F)c1)c1ccc(Cl)cc1. The van der Waals surface area contributed by atoms with Crippen LogP contribution in [-0.4, -0.2) is 0 Å². The first-order valence-corrected chi connectivity index (χ1v) is 6.89. The van der Waals surface area contributed by atoms with E-state index in [1.165, 1.54) is 12.1 Å². The van der Waals surface area contributed by atoms with Crippen LogP contribution >= 0.6 is 11.6 Å². The molecule has 0 aromatic heterocycles. The lowest BCUT2D eigenvalue weighted by atomic mass is 10.1. The Morgan fingerprint density at radius 1 is 1.10 bits per heavy atom. The molecule has 0 heterocycles. The minimum atomic E-state index is -4.31. The molecule has 1 nitrogen and oxygen atoms in total. The molecule has 21 heavy (non-hydrogen) atoms. The lowest BCUT2D eigenvalue weighted by molar-refractivity contribution is -0.137. The van der Waals surface area contributed by atoms with Gasteiger partial charge >= 0.3 is 6.18 Å². The molecule has 2 aromatic carbocycles. The Labute approximate surface area is 126 Å². The normalized spacial score (nSPS) is 13.2. The summed E-state index contributed by atoms with van der Waals surface area (Å²) in [7, 11) is 0. The van der Waals surface area contributed by atoms with Gasteiger partial charge in [-0.3, -0.25) is 0 Å². The van der Waals surface area contributed by atoms with Crippen molar-refractivity contribution in [2.75, 3.05) is 0 Å². The lowest BCUT2D eigenvalue weighted by Crippen LogP contribution is -2.18. The molecular weight excluding hydrogens is 299 g/mol. The standard InChI is InChI=1S/C16H15ClF3N/c1-11(13-5-7-15(17)8-6-13)21-10-12-3-2-4-14(9-12)16(18,19)20/h2-9,11,21H,10H2,1H3/t11-/m1/s1. The Hall–Kier alpha value is -1.52. The van der Waals surface area contributed by atoms with Crippen LogP contribution in [0.4, 0.5) is 13.2 Å². The van der Waals surface area contributed by atoms with Crippen LogP contribution in [0.1, 0.15) is 29.7 Å². The summed E-state index contributed by atoms with van der Waals surface area (Å²) in [6, 6.07) is 12.7. The highest BCUT2D eigenvalue weighted by Gasteiger charge is 2.30. The highest BCUT2D eigenvalue weighted by atomic mass is 35.5. The minimum absolute atomic E-state index is 0.0248. The van der Waals surface area contributed by atoms with E-state index in [4.69, 9.17) is 11.6 Å². The predicted octanol–water partition coefficient (Wildman–Crippen LogP) is 5.21. The Morgan fingerprint density at radius 2 is 1.76 bits per heavy atom. The van der Waals surface area contributed by atoms with Crippen molar-refractivity contribution in [3.63, 3.8) is 0 Å². The fourth-order valence-electron chi connectivity index (χ4n) is 2.00. The van der Waals surface area contributed by atoms with E-state index in [1.54, 1.807) is 18.2 Å². The van der Waals surface area contributed by atoms with Crippen LogP contribution in [0.3, 0.4) is 0 Å². The van der Waals surface area contributed by atoms with Crippen molar-refractivity contribution in [3.8, 4) is 0 Å². The minimum Gasteiger partial charge on any atom is -0.306 e. The molecule has 2 rings (SSSR count). The summed E-state index contributed by atoms with van der Waals surface area (Å²) in [6.45, 7) is 2.32. The van der Waals surface area contributed by atoms with Crippen LogP contribution in [0.25, 0.3) is 0 Å². The van der Waals surface area contributed by atoms with E-state index in [0.717, 1.165) is 11.6 Å².